The van der Waals surface area contributed by atoms with E-state index in [-0.39, 0.29) is 23.5 Å². The van der Waals surface area contributed by atoms with Crippen LogP contribution in [0.25, 0.3) is 0 Å². The summed E-state index contributed by atoms with van der Waals surface area (Å²) in [5, 5.41) is 0. The second-order valence-corrected chi connectivity index (χ2v) is 7.08. The molecule has 2 aromatic rings. The van der Waals surface area contributed by atoms with Crippen molar-refractivity contribution in [3.8, 4) is 11.5 Å². The van der Waals surface area contributed by atoms with Gasteiger partial charge in [0.05, 0.1) is 25.4 Å². The monoisotopic (exact) mass is 426 g/mol. The molecule has 1 atom stereocenters. The molecule has 31 heavy (non-hydrogen) atoms. The fourth-order valence-electron chi connectivity index (χ4n) is 3.10. The lowest BCUT2D eigenvalue weighted by molar-refractivity contribution is -0.145. The molecule has 0 unspecified atom stereocenters. The average molecular weight is 426 g/mol. The second kappa shape index (κ2) is 10.6. The van der Waals surface area contributed by atoms with Crippen LogP contribution in [0.3, 0.4) is 0 Å². The Morgan fingerprint density at radius 1 is 0.968 bits per heavy atom. The zero-order valence-electron chi connectivity index (χ0n) is 17.7. The fraction of sp³-hybridized carbons (Fsp3) is 0.375. The maximum atomic E-state index is 13.2. The minimum atomic E-state index is -0.945. The Balaban J connectivity index is 1.87. The first-order chi connectivity index (χ1) is 15.0. The summed E-state index contributed by atoms with van der Waals surface area (Å²) in [5.74, 6) is -0.616. The van der Waals surface area contributed by atoms with E-state index < -0.39 is 18.0 Å². The third-order valence-electron chi connectivity index (χ3n) is 4.66. The summed E-state index contributed by atoms with van der Waals surface area (Å²) < 4.78 is 21.6. The number of benzene rings is 2. The van der Waals surface area contributed by atoms with Gasteiger partial charge >= 0.3 is 11.9 Å². The summed E-state index contributed by atoms with van der Waals surface area (Å²) in [6.07, 6.45) is 1.01. The number of ether oxygens (including phenoxy) is 4. The van der Waals surface area contributed by atoms with Gasteiger partial charge in [0.15, 0.2) is 17.3 Å². The van der Waals surface area contributed by atoms with Gasteiger partial charge in [0, 0.05) is 17.5 Å². The predicted octanol–water partition coefficient (Wildman–Crippen LogP) is 3.97. The molecule has 0 radical (unpaired) electrons. The number of carbonyl (C=O) groups excluding carboxylic acids is 3. The van der Waals surface area contributed by atoms with Crippen molar-refractivity contribution in [3.63, 3.8) is 0 Å². The second-order valence-electron chi connectivity index (χ2n) is 7.08. The standard InChI is InChI=1S/C24H26O7/c1-3-12-28-19-10-9-16(15-21(19)29-13-4-2)22(25)17-7-5-6-8-18(17)23(26)31-20-11-14-30-24(20)27/h5-10,15,20H,3-4,11-14H2,1-2H3/t20-/m1/s1. The van der Waals surface area contributed by atoms with Gasteiger partial charge in [-0.2, -0.15) is 0 Å². The van der Waals surface area contributed by atoms with Gasteiger partial charge in [-0.25, -0.2) is 9.59 Å². The number of hydrogen-bond acceptors (Lipinski definition) is 7. The van der Waals surface area contributed by atoms with Crippen LogP contribution < -0.4 is 9.47 Å². The highest BCUT2D eigenvalue weighted by Gasteiger charge is 2.31. The smallest absolute Gasteiger partial charge is 0.347 e. The van der Waals surface area contributed by atoms with E-state index in [0.29, 0.717) is 36.7 Å². The molecule has 7 heteroatoms. The van der Waals surface area contributed by atoms with Gasteiger partial charge in [0.2, 0.25) is 6.10 Å². The normalized spacial score (nSPS) is 15.3. The molecule has 1 aliphatic heterocycles. The van der Waals surface area contributed by atoms with Crippen LogP contribution in [0, 0.1) is 0 Å². The third-order valence-corrected chi connectivity index (χ3v) is 4.66. The fourth-order valence-corrected chi connectivity index (χ4v) is 3.10. The van der Waals surface area contributed by atoms with E-state index in [1.165, 1.54) is 6.07 Å². The van der Waals surface area contributed by atoms with Gasteiger partial charge in [0.1, 0.15) is 0 Å². The highest BCUT2D eigenvalue weighted by atomic mass is 16.6. The Hall–Kier alpha value is -3.35. The number of cyclic esters (lactones) is 1. The van der Waals surface area contributed by atoms with Crippen LogP contribution in [-0.2, 0) is 14.3 Å². The number of esters is 2. The van der Waals surface area contributed by atoms with Gasteiger partial charge < -0.3 is 18.9 Å². The summed E-state index contributed by atoms with van der Waals surface area (Å²) >= 11 is 0. The lowest BCUT2D eigenvalue weighted by Crippen LogP contribution is -2.24. The summed E-state index contributed by atoms with van der Waals surface area (Å²) in [6.45, 7) is 5.23. The Morgan fingerprint density at radius 2 is 1.65 bits per heavy atom. The first-order valence-electron chi connectivity index (χ1n) is 10.5. The van der Waals surface area contributed by atoms with Gasteiger partial charge in [-0.15, -0.1) is 0 Å². The molecular formula is C24H26O7. The molecule has 3 rings (SSSR count). The quantitative estimate of drug-likeness (QED) is 0.420. The molecule has 1 saturated heterocycles. The van der Waals surface area contributed by atoms with Crippen molar-refractivity contribution >= 4 is 17.7 Å². The SMILES string of the molecule is CCCOc1ccc(C(=O)c2ccccc2C(=O)O[C@@H]2CCOC2=O)cc1OCCC. The molecule has 164 valence electrons. The average Bonchev–Trinajstić information content (AvgIpc) is 3.20. The van der Waals surface area contributed by atoms with Crippen molar-refractivity contribution in [3.05, 3.63) is 59.2 Å². The molecule has 0 aliphatic carbocycles. The first-order valence-corrected chi connectivity index (χ1v) is 10.5. The zero-order chi connectivity index (χ0) is 22.2. The van der Waals surface area contributed by atoms with E-state index in [0.717, 1.165) is 12.8 Å². The summed E-state index contributed by atoms with van der Waals surface area (Å²) in [5.41, 5.74) is 0.632. The molecule has 0 aromatic heterocycles. The van der Waals surface area contributed by atoms with Crippen molar-refractivity contribution in [1.82, 2.24) is 0 Å². The van der Waals surface area contributed by atoms with Crippen molar-refractivity contribution in [2.75, 3.05) is 19.8 Å². The summed E-state index contributed by atoms with van der Waals surface area (Å²) in [6, 6.07) is 11.3. The zero-order valence-corrected chi connectivity index (χ0v) is 17.7. The topological polar surface area (TPSA) is 88.1 Å². The number of rotatable bonds is 10. The lowest BCUT2D eigenvalue weighted by Gasteiger charge is -2.14. The van der Waals surface area contributed by atoms with Crippen molar-refractivity contribution in [2.24, 2.45) is 0 Å². The molecule has 0 amide bonds. The van der Waals surface area contributed by atoms with E-state index in [1.807, 2.05) is 13.8 Å². The van der Waals surface area contributed by atoms with E-state index in [2.05, 4.69) is 0 Å². The van der Waals surface area contributed by atoms with Gasteiger partial charge in [-0.1, -0.05) is 32.0 Å². The molecule has 0 spiro atoms. The summed E-state index contributed by atoms with van der Waals surface area (Å²) in [4.78, 5) is 37.5. The van der Waals surface area contributed by atoms with Crippen molar-refractivity contribution < 1.29 is 33.3 Å². The lowest BCUT2D eigenvalue weighted by atomic mass is 9.98. The maximum Gasteiger partial charge on any atom is 0.347 e. The van der Waals surface area contributed by atoms with Gasteiger partial charge in [-0.3, -0.25) is 4.79 Å². The van der Waals surface area contributed by atoms with Gasteiger partial charge in [0.25, 0.3) is 0 Å². The maximum absolute atomic E-state index is 13.2. The number of hydrogen-bond donors (Lipinski definition) is 0. The highest BCUT2D eigenvalue weighted by molar-refractivity contribution is 6.14. The molecular weight excluding hydrogens is 400 g/mol. The van der Waals surface area contributed by atoms with E-state index >= 15 is 0 Å². The molecule has 2 aromatic carbocycles. The van der Waals surface area contributed by atoms with Crippen molar-refractivity contribution in [2.45, 2.75) is 39.2 Å². The predicted molar refractivity (Wildman–Crippen MR) is 113 cm³/mol. The molecule has 0 N–H and O–H groups in total. The van der Waals surface area contributed by atoms with Gasteiger partial charge in [-0.05, 0) is 37.1 Å². The van der Waals surface area contributed by atoms with Crippen molar-refractivity contribution in [1.29, 1.82) is 0 Å². The van der Waals surface area contributed by atoms with Crippen LogP contribution in [0.2, 0.25) is 0 Å². The minimum absolute atomic E-state index is 0.0922. The van der Waals surface area contributed by atoms with E-state index in [4.69, 9.17) is 18.9 Å². The molecule has 1 aliphatic rings. The van der Waals surface area contributed by atoms with Crippen LogP contribution in [0.5, 0.6) is 11.5 Å². The number of carbonyl (C=O) groups is 3. The Morgan fingerprint density at radius 3 is 2.29 bits per heavy atom. The molecule has 1 fully saturated rings. The minimum Gasteiger partial charge on any atom is -0.490 e. The van der Waals surface area contributed by atoms with Crippen LogP contribution in [-0.4, -0.2) is 43.6 Å². The third kappa shape index (κ3) is 5.42. The number of ketones is 1. The van der Waals surface area contributed by atoms with Crippen LogP contribution >= 0.6 is 0 Å². The Labute approximate surface area is 181 Å². The Kier molecular flexibility index (Phi) is 7.65. The largest absolute Gasteiger partial charge is 0.490 e. The summed E-state index contributed by atoms with van der Waals surface area (Å²) in [7, 11) is 0. The van der Waals surface area contributed by atoms with E-state index in [9.17, 15) is 14.4 Å². The first kappa shape index (κ1) is 22.3. The highest BCUT2D eigenvalue weighted by Crippen LogP contribution is 2.30. The molecule has 0 bridgehead atoms. The molecule has 7 nitrogen and oxygen atoms in total. The Bertz CT molecular complexity index is 951. The van der Waals surface area contributed by atoms with E-state index in [1.54, 1.807) is 36.4 Å². The van der Waals surface area contributed by atoms with Crippen LogP contribution in [0.4, 0.5) is 0 Å². The van der Waals surface area contributed by atoms with Crippen LogP contribution in [0.15, 0.2) is 42.5 Å². The van der Waals surface area contributed by atoms with Crippen LogP contribution in [0.1, 0.15) is 59.4 Å². The molecule has 1 heterocycles. The molecule has 0 saturated carbocycles.